The van der Waals surface area contributed by atoms with Crippen molar-refractivity contribution in [1.29, 1.82) is 0 Å². The van der Waals surface area contributed by atoms with E-state index in [1.54, 1.807) is 55.5 Å². The molecule has 4 aromatic carbocycles. The average Bonchev–Trinajstić information content (AvgIpc) is 3.74. The molecular formula is C39H36CoN8O12. The van der Waals surface area contributed by atoms with Crippen molar-refractivity contribution in [3.05, 3.63) is 133 Å². The van der Waals surface area contributed by atoms with Gasteiger partial charge in [-0.2, -0.15) is 19.6 Å². The molecule has 21 heteroatoms. The normalized spacial score (nSPS) is 10.9. The van der Waals surface area contributed by atoms with Gasteiger partial charge in [0.25, 0.3) is 11.4 Å². The van der Waals surface area contributed by atoms with Gasteiger partial charge in [-0.05, 0) is 43.7 Å². The third-order valence-corrected chi connectivity index (χ3v) is 8.38. The van der Waals surface area contributed by atoms with Gasteiger partial charge in [0.05, 0.1) is 64.8 Å². The second kappa shape index (κ2) is 20.2. The Labute approximate surface area is 350 Å². The van der Waals surface area contributed by atoms with E-state index in [-0.39, 0.29) is 75.6 Å². The summed E-state index contributed by atoms with van der Waals surface area (Å²) in [6.45, 7) is 3.36. The number of nitro benzene ring substituents is 2. The summed E-state index contributed by atoms with van der Waals surface area (Å²) >= 11 is 0. The second-order valence-electron chi connectivity index (χ2n) is 12.0. The number of rotatable bonds is 13. The van der Waals surface area contributed by atoms with Gasteiger partial charge in [0.15, 0.2) is 5.69 Å². The summed E-state index contributed by atoms with van der Waals surface area (Å²) in [5.74, 6) is -1.77. The fourth-order valence-corrected chi connectivity index (χ4v) is 5.48. The molecule has 6 aromatic rings. The molecule has 0 atom stereocenters. The number of carbonyl (C=O) groups excluding carboxylic acids is 1. The van der Waals surface area contributed by atoms with Crippen LogP contribution in [0.25, 0.3) is 11.4 Å². The summed E-state index contributed by atoms with van der Waals surface area (Å²) < 4.78 is 12.7. The minimum atomic E-state index is -0.791. The maximum atomic E-state index is 12.4. The number of aryl methyl sites for hydroxylation is 1. The molecule has 313 valence electrons. The molecule has 0 unspecified atom stereocenters. The Hall–Kier alpha value is -7.62. The maximum Gasteiger partial charge on any atom is 0.359 e. The van der Waals surface area contributed by atoms with Crippen molar-refractivity contribution < 1.29 is 66.4 Å². The van der Waals surface area contributed by atoms with Crippen LogP contribution in [0.1, 0.15) is 46.7 Å². The number of aromatic hydroxyl groups is 4. The SMILES string of the molecule is CCOC(=O)c1nn(-c2ccccc2OC)c(O)c1C=Nc1ccc([N+](=O)[O-])cc1O.CCc1nn(-c2ccccc2CO)c(O)c1C=Nc1ccc([N+](=O)[O-])cc1O.[Co]. The number of aromatic nitrogens is 4. The molecule has 6 rings (SSSR count). The number of methoxy groups -OCH3 is 1. The van der Waals surface area contributed by atoms with Gasteiger partial charge in [-0.25, -0.2) is 4.79 Å². The van der Waals surface area contributed by atoms with Crippen molar-refractivity contribution in [3.8, 4) is 40.4 Å². The second-order valence-corrected chi connectivity index (χ2v) is 12.0. The first-order chi connectivity index (χ1) is 28.3. The van der Waals surface area contributed by atoms with Crippen molar-refractivity contribution in [3.63, 3.8) is 0 Å². The molecule has 1 radical (unpaired) electrons. The number of aliphatic hydroxyl groups excluding tert-OH is 1. The van der Waals surface area contributed by atoms with Crippen LogP contribution in [0.3, 0.4) is 0 Å². The summed E-state index contributed by atoms with van der Waals surface area (Å²) in [5, 5.41) is 81.0. The number of carbonyl (C=O) groups is 1. The fourth-order valence-electron chi connectivity index (χ4n) is 5.48. The largest absolute Gasteiger partial charge is 0.505 e. The molecule has 0 saturated heterocycles. The number of phenolic OH excluding ortho intramolecular Hbond substituents is 2. The van der Waals surface area contributed by atoms with Crippen molar-refractivity contribution in [2.45, 2.75) is 26.9 Å². The van der Waals surface area contributed by atoms with Crippen LogP contribution in [-0.4, -0.2) is 87.1 Å². The molecular weight excluding hydrogens is 831 g/mol. The van der Waals surface area contributed by atoms with E-state index in [9.17, 15) is 50.6 Å². The van der Waals surface area contributed by atoms with E-state index in [4.69, 9.17) is 9.47 Å². The number of nitrogens with zero attached hydrogens (tertiary/aromatic N) is 8. The molecule has 2 heterocycles. The molecule has 0 aliphatic rings. The van der Waals surface area contributed by atoms with E-state index in [1.165, 1.54) is 36.2 Å². The standard InChI is InChI=1S/C20H18N4O7.C19H18N4O5.Co/c1-3-31-20(27)18-13(11-21-14-9-8-12(24(28)29)10-16(14)25)19(26)23(22-18)15-6-4-5-7-17(15)30-2;1-2-15-14(10-20-16-8-7-13(23(27)28)9-18(16)25)19(26)22(21-15)17-6-4-3-5-12(17)11-24;/h4-11,25-26H,3H2,1-2H3;3-10,24-26H,2,11H2,1H3;. The zero-order chi connectivity index (χ0) is 42.8. The van der Waals surface area contributed by atoms with Gasteiger partial charge < -0.3 is 35.0 Å². The smallest absolute Gasteiger partial charge is 0.359 e. The summed E-state index contributed by atoms with van der Waals surface area (Å²) in [6.07, 6.45) is 2.97. The molecule has 0 spiro atoms. The first-order valence-electron chi connectivity index (χ1n) is 17.5. The first-order valence-corrected chi connectivity index (χ1v) is 17.5. The zero-order valence-corrected chi connectivity index (χ0v) is 32.9. The van der Waals surface area contributed by atoms with Crippen molar-refractivity contribution in [1.82, 2.24) is 19.6 Å². The number of phenols is 2. The Kier molecular flexibility index (Phi) is 15.2. The quantitative estimate of drug-likeness (QED) is 0.0378. The number of nitro groups is 2. The predicted molar refractivity (Wildman–Crippen MR) is 212 cm³/mol. The number of non-ortho nitro benzene ring substituents is 2. The predicted octanol–water partition coefficient (Wildman–Crippen LogP) is 6.12. The van der Waals surface area contributed by atoms with Crippen LogP contribution in [0.15, 0.2) is 94.9 Å². The van der Waals surface area contributed by atoms with Gasteiger partial charge in [-0.15, -0.1) is 0 Å². The summed E-state index contributed by atoms with van der Waals surface area (Å²) in [5.41, 5.74) is 1.69. The van der Waals surface area contributed by atoms with Crippen molar-refractivity contribution in [2.24, 2.45) is 9.98 Å². The Bertz CT molecular complexity index is 2590. The Morgan fingerprint density at radius 1 is 0.767 bits per heavy atom. The minimum absolute atomic E-state index is 0. The fraction of sp³-hybridized carbons (Fsp3) is 0.154. The first kappa shape index (κ1) is 45.1. The molecule has 0 bridgehead atoms. The number of aliphatic imine (C=N–C) groups is 2. The molecule has 0 aliphatic heterocycles. The van der Waals surface area contributed by atoms with E-state index >= 15 is 0 Å². The number of hydrogen-bond acceptors (Lipinski definition) is 16. The van der Waals surface area contributed by atoms with Gasteiger partial charge in [0.1, 0.15) is 34.3 Å². The monoisotopic (exact) mass is 867 g/mol. The van der Waals surface area contributed by atoms with Crippen LogP contribution in [0.2, 0.25) is 0 Å². The third-order valence-electron chi connectivity index (χ3n) is 8.38. The third kappa shape index (κ3) is 9.90. The number of benzene rings is 4. The number of ether oxygens (including phenoxy) is 2. The molecule has 20 nitrogen and oxygen atoms in total. The summed E-state index contributed by atoms with van der Waals surface area (Å²) in [6, 6.07) is 20.6. The van der Waals surface area contributed by atoms with Crippen molar-refractivity contribution >= 4 is 41.1 Å². The molecule has 0 aliphatic carbocycles. The maximum absolute atomic E-state index is 12.4. The summed E-state index contributed by atoms with van der Waals surface area (Å²) in [7, 11) is 1.45. The molecule has 0 amide bonds. The Morgan fingerprint density at radius 3 is 1.80 bits per heavy atom. The van der Waals surface area contributed by atoms with Crippen LogP contribution in [-0.2, 0) is 34.5 Å². The van der Waals surface area contributed by atoms with Crippen LogP contribution in [0, 0.1) is 20.2 Å². The van der Waals surface area contributed by atoms with Gasteiger partial charge in [0, 0.05) is 46.9 Å². The van der Waals surface area contributed by atoms with Crippen LogP contribution < -0.4 is 4.74 Å². The topological polar surface area (TPSA) is 283 Å². The zero-order valence-electron chi connectivity index (χ0n) is 31.9. The molecule has 60 heavy (non-hydrogen) atoms. The van der Waals surface area contributed by atoms with Crippen molar-refractivity contribution in [2.75, 3.05) is 13.7 Å². The van der Waals surface area contributed by atoms with Gasteiger partial charge in [-0.1, -0.05) is 37.3 Å². The van der Waals surface area contributed by atoms with E-state index in [0.717, 1.165) is 29.1 Å². The van der Waals surface area contributed by atoms with Crippen LogP contribution >= 0.6 is 0 Å². The number of hydrogen-bond donors (Lipinski definition) is 5. The minimum Gasteiger partial charge on any atom is -0.505 e. The molecule has 5 N–H and O–H groups in total. The number of aliphatic hydroxyl groups is 1. The number of para-hydroxylation sites is 3. The van der Waals surface area contributed by atoms with E-state index < -0.39 is 27.4 Å². The van der Waals surface area contributed by atoms with Gasteiger partial charge in [0.2, 0.25) is 11.8 Å². The number of esters is 1. The molecule has 2 aromatic heterocycles. The Balaban J connectivity index is 0.000000262. The van der Waals surface area contributed by atoms with Crippen LogP contribution in [0.4, 0.5) is 22.7 Å². The molecule has 0 fully saturated rings. The van der Waals surface area contributed by atoms with Crippen LogP contribution in [0.5, 0.6) is 29.0 Å². The molecule has 0 saturated carbocycles. The average molecular weight is 868 g/mol. The van der Waals surface area contributed by atoms with E-state index in [2.05, 4.69) is 20.2 Å². The van der Waals surface area contributed by atoms with E-state index in [1.807, 2.05) is 6.92 Å². The summed E-state index contributed by atoms with van der Waals surface area (Å²) in [4.78, 5) is 40.9. The van der Waals surface area contributed by atoms with Gasteiger partial charge in [-0.3, -0.25) is 30.2 Å². The van der Waals surface area contributed by atoms with E-state index in [0.29, 0.717) is 40.4 Å². The van der Waals surface area contributed by atoms with Gasteiger partial charge >= 0.3 is 5.97 Å². The Morgan fingerprint density at radius 2 is 1.28 bits per heavy atom.